The number of carbonyl (C=O) groups is 4. The van der Waals surface area contributed by atoms with E-state index < -0.39 is 12.1 Å². The van der Waals surface area contributed by atoms with Crippen molar-refractivity contribution in [2.45, 2.75) is 39.0 Å². The zero-order valence-electron chi connectivity index (χ0n) is 14.4. The smallest absolute Gasteiger partial charge is 0.321 e. The Kier molecular flexibility index (Phi) is 11.1. The monoisotopic (exact) mass is 390 g/mol. The first kappa shape index (κ1) is 21.6. The SMILES string of the molecule is CCNC(=O)NC(=O)CSSCCNC(=O)NC(=O)C1CCCCC1. The predicted molar refractivity (Wildman–Crippen MR) is 100 cm³/mol. The highest BCUT2D eigenvalue weighted by atomic mass is 33.1. The summed E-state index contributed by atoms with van der Waals surface area (Å²) < 4.78 is 0. The molecular weight excluding hydrogens is 364 g/mol. The van der Waals surface area contributed by atoms with E-state index in [0.717, 1.165) is 32.1 Å². The minimum atomic E-state index is -0.501. The molecule has 0 aromatic heterocycles. The van der Waals surface area contributed by atoms with E-state index in [1.165, 1.54) is 21.6 Å². The number of hydrogen-bond donors (Lipinski definition) is 4. The molecule has 1 aliphatic carbocycles. The normalized spacial score (nSPS) is 14.4. The van der Waals surface area contributed by atoms with Gasteiger partial charge in [-0.1, -0.05) is 40.9 Å². The molecule has 8 nitrogen and oxygen atoms in total. The third-order valence-electron chi connectivity index (χ3n) is 3.55. The van der Waals surface area contributed by atoms with E-state index in [1.807, 2.05) is 0 Å². The van der Waals surface area contributed by atoms with Crippen LogP contribution in [0.1, 0.15) is 39.0 Å². The molecule has 0 aromatic carbocycles. The molecule has 142 valence electrons. The van der Waals surface area contributed by atoms with Crippen LogP contribution in [0.3, 0.4) is 0 Å². The van der Waals surface area contributed by atoms with Gasteiger partial charge in [-0.3, -0.25) is 20.2 Å². The Morgan fingerprint density at radius 1 is 0.920 bits per heavy atom. The van der Waals surface area contributed by atoms with E-state index >= 15 is 0 Å². The lowest BCUT2D eigenvalue weighted by Crippen LogP contribution is -2.43. The van der Waals surface area contributed by atoms with Gasteiger partial charge in [-0.05, 0) is 19.8 Å². The standard InChI is InChI=1S/C15H26N4O4S2/c1-2-16-14(22)18-12(20)10-25-24-9-8-17-15(23)19-13(21)11-6-4-3-5-7-11/h11H,2-10H2,1H3,(H2,16,18,20,22)(H2,17,19,21,23). The van der Waals surface area contributed by atoms with E-state index in [2.05, 4.69) is 21.3 Å². The van der Waals surface area contributed by atoms with E-state index in [0.29, 0.717) is 18.8 Å². The summed E-state index contributed by atoms with van der Waals surface area (Å²) in [5, 5.41) is 9.67. The van der Waals surface area contributed by atoms with Crippen molar-refractivity contribution >= 4 is 45.5 Å². The third-order valence-corrected chi connectivity index (χ3v) is 5.82. The van der Waals surface area contributed by atoms with Crippen LogP contribution in [0.4, 0.5) is 9.59 Å². The van der Waals surface area contributed by atoms with E-state index in [-0.39, 0.29) is 23.5 Å². The second-order valence-corrected chi connectivity index (χ2v) is 8.15. The Hall–Kier alpha value is -1.42. The van der Waals surface area contributed by atoms with E-state index in [4.69, 9.17) is 0 Å². The van der Waals surface area contributed by atoms with Gasteiger partial charge in [0.2, 0.25) is 11.8 Å². The zero-order chi connectivity index (χ0) is 18.5. The van der Waals surface area contributed by atoms with Gasteiger partial charge in [0.25, 0.3) is 0 Å². The molecule has 0 spiro atoms. The lowest BCUT2D eigenvalue weighted by Gasteiger charge is -2.20. The summed E-state index contributed by atoms with van der Waals surface area (Å²) in [4.78, 5) is 46.1. The van der Waals surface area contributed by atoms with Crippen LogP contribution in [0.15, 0.2) is 0 Å². The second-order valence-electron chi connectivity index (χ2n) is 5.57. The summed E-state index contributed by atoms with van der Waals surface area (Å²) >= 11 is 0. The number of imide groups is 2. The Labute approximate surface area is 155 Å². The molecule has 0 atom stereocenters. The summed E-state index contributed by atoms with van der Waals surface area (Å²) in [6, 6.07) is -0.978. The molecule has 1 aliphatic rings. The van der Waals surface area contributed by atoms with Crippen molar-refractivity contribution in [3.8, 4) is 0 Å². The fourth-order valence-electron chi connectivity index (χ4n) is 2.35. The summed E-state index contributed by atoms with van der Waals surface area (Å²) in [7, 11) is 2.70. The van der Waals surface area contributed by atoms with Gasteiger partial charge in [-0.2, -0.15) is 0 Å². The van der Waals surface area contributed by atoms with Crippen LogP contribution in [-0.4, -0.2) is 48.5 Å². The lowest BCUT2D eigenvalue weighted by molar-refractivity contribution is -0.124. The number of rotatable bonds is 8. The molecule has 0 saturated heterocycles. The Balaban J connectivity index is 2.01. The highest BCUT2D eigenvalue weighted by Gasteiger charge is 2.22. The first-order valence-corrected chi connectivity index (χ1v) is 10.9. The number of hydrogen-bond acceptors (Lipinski definition) is 6. The molecule has 1 saturated carbocycles. The maximum Gasteiger partial charge on any atom is 0.321 e. The van der Waals surface area contributed by atoms with Crippen LogP contribution in [0.25, 0.3) is 0 Å². The molecule has 4 N–H and O–H groups in total. The largest absolute Gasteiger partial charge is 0.338 e. The fourth-order valence-corrected chi connectivity index (χ4v) is 4.09. The molecule has 6 amide bonds. The predicted octanol–water partition coefficient (Wildman–Crippen LogP) is 1.62. The van der Waals surface area contributed by atoms with Gasteiger partial charge in [0, 0.05) is 24.8 Å². The number of nitrogens with one attached hydrogen (secondary N) is 4. The van der Waals surface area contributed by atoms with Crippen LogP contribution in [0, 0.1) is 5.92 Å². The summed E-state index contributed by atoms with van der Waals surface area (Å²) in [5.74, 6) is 0.125. The second kappa shape index (κ2) is 12.9. The first-order chi connectivity index (χ1) is 12.0. The highest BCUT2D eigenvalue weighted by Crippen LogP contribution is 2.23. The molecule has 0 heterocycles. The molecular formula is C15H26N4O4S2. The maximum atomic E-state index is 11.9. The van der Waals surface area contributed by atoms with Crippen LogP contribution >= 0.6 is 21.6 Å². The molecule has 0 bridgehead atoms. The van der Waals surface area contributed by atoms with Gasteiger partial charge in [0.05, 0.1) is 5.75 Å². The summed E-state index contributed by atoms with van der Waals surface area (Å²) in [6.45, 7) is 2.61. The molecule has 10 heteroatoms. The fraction of sp³-hybridized carbons (Fsp3) is 0.733. The Morgan fingerprint density at radius 2 is 1.60 bits per heavy atom. The van der Waals surface area contributed by atoms with E-state index in [1.54, 1.807) is 6.92 Å². The topological polar surface area (TPSA) is 116 Å². The molecule has 0 aromatic rings. The number of amides is 6. The third kappa shape index (κ3) is 10.2. The summed E-state index contributed by atoms with van der Waals surface area (Å²) in [6.07, 6.45) is 4.95. The average Bonchev–Trinajstić information content (AvgIpc) is 2.58. The lowest BCUT2D eigenvalue weighted by atomic mass is 9.89. The zero-order valence-corrected chi connectivity index (χ0v) is 16.0. The number of carbonyl (C=O) groups excluding carboxylic acids is 4. The van der Waals surface area contributed by atoms with Gasteiger partial charge < -0.3 is 10.6 Å². The maximum absolute atomic E-state index is 11.9. The van der Waals surface area contributed by atoms with Gasteiger partial charge in [-0.15, -0.1) is 0 Å². The van der Waals surface area contributed by atoms with Crippen molar-refractivity contribution in [3.63, 3.8) is 0 Å². The molecule has 0 radical (unpaired) electrons. The van der Waals surface area contributed by atoms with Gasteiger partial charge in [0.15, 0.2) is 0 Å². The Morgan fingerprint density at radius 3 is 2.28 bits per heavy atom. The highest BCUT2D eigenvalue weighted by molar-refractivity contribution is 8.76. The Bertz CT molecular complexity index is 470. The minimum absolute atomic E-state index is 0.0483. The molecule has 0 unspecified atom stereocenters. The molecule has 1 rings (SSSR count). The summed E-state index contributed by atoms with van der Waals surface area (Å²) in [5.41, 5.74) is 0. The van der Waals surface area contributed by atoms with E-state index in [9.17, 15) is 19.2 Å². The first-order valence-electron chi connectivity index (χ1n) is 8.43. The van der Waals surface area contributed by atoms with Crippen molar-refractivity contribution in [2.75, 3.05) is 24.6 Å². The van der Waals surface area contributed by atoms with Crippen molar-refractivity contribution in [1.82, 2.24) is 21.3 Å². The number of urea groups is 2. The molecule has 25 heavy (non-hydrogen) atoms. The minimum Gasteiger partial charge on any atom is -0.338 e. The quantitative estimate of drug-likeness (QED) is 0.370. The van der Waals surface area contributed by atoms with Crippen LogP contribution < -0.4 is 21.3 Å². The van der Waals surface area contributed by atoms with Crippen molar-refractivity contribution in [2.24, 2.45) is 5.92 Å². The van der Waals surface area contributed by atoms with Crippen LogP contribution in [-0.2, 0) is 9.59 Å². The van der Waals surface area contributed by atoms with Crippen LogP contribution in [0.5, 0.6) is 0 Å². The van der Waals surface area contributed by atoms with Crippen LogP contribution in [0.2, 0.25) is 0 Å². The van der Waals surface area contributed by atoms with Crippen molar-refractivity contribution in [1.29, 1.82) is 0 Å². The van der Waals surface area contributed by atoms with Crippen molar-refractivity contribution in [3.05, 3.63) is 0 Å². The van der Waals surface area contributed by atoms with Crippen molar-refractivity contribution < 1.29 is 19.2 Å². The van der Waals surface area contributed by atoms with Gasteiger partial charge in [0.1, 0.15) is 0 Å². The van der Waals surface area contributed by atoms with Gasteiger partial charge in [-0.25, -0.2) is 9.59 Å². The van der Waals surface area contributed by atoms with Gasteiger partial charge >= 0.3 is 12.1 Å². The average molecular weight is 391 g/mol. The molecule has 0 aliphatic heterocycles. The molecule has 1 fully saturated rings.